The highest BCUT2D eigenvalue weighted by atomic mass is 35.5. The molecule has 2 N–H and O–H groups in total. The first-order valence-corrected chi connectivity index (χ1v) is 7.12. The molecule has 2 aromatic rings. The van der Waals surface area contributed by atoms with E-state index in [1.807, 2.05) is 37.4 Å². The van der Waals surface area contributed by atoms with Crippen LogP contribution in [0.15, 0.2) is 36.7 Å². The predicted octanol–water partition coefficient (Wildman–Crippen LogP) is 3.98. The molecule has 0 aliphatic heterocycles. The number of aromatic nitrogens is 1. The molecule has 0 radical (unpaired) electrons. The number of hydrogen-bond donors (Lipinski definition) is 1. The normalized spacial score (nSPS) is 12.2. The SMILES string of the molecule is CCc1cc(Oc2cncc(CC(C)N)c2)ccc1Cl. The average molecular weight is 291 g/mol. The summed E-state index contributed by atoms with van der Waals surface area (Å²) in [6.07, 6.45) is 5.17. The third kappa shape index (κ3) is 3.95. The van der Waals surface area contributed by atoms with Gasteiger partial charge in [-0.3, -0.25) is 4.98 Å². The summed E-state index contributed by atoms with van der Waals surface area (Å²) in [6, 6.07) is 7.75. The predicted molar refractivity (Wildman–Crippen MR) is 82.5 cm³/mol. The zero-order valence-electron chi connectivity index (χ0n) is 11.8. The standard InChI is InChI=1S/C16H19ClN2O/c1-3-13-8-14(4-5-16(13)17)20-15-7-12(6-11(2)18)9-19-10-15/h4-5,7-11H,3,6,18H2,1-2H3. The van der Waals surface area contributed by atoms with Crippen molar-refractivity contribution in [2.45, 2.75) is 32.7 Å². The summed E-state index contributed by atoms with van der Waals surface area (Å²) >= 11 is 6.10. The number of aryl methyl sites for hydroxylation is 1. The molecule has 1 heterocycles. The molecule has 0 aliphatic rings. The van der Waals surface area contributed by atoms with Crippen molar-refractivity contribution in [3.05, 3.63) is 52.8 Å². The Morgan fingerprint density at radius 1 is 1.25 bits per heavy atom. The molecule has 3 nitrogen and oxygen atoms in total. The van der Waals surface area contributed by atoms with Gasteiger partial charge < -0.3 is 10.5 Å². The van der Waals surface area contributed by atoms with Gasteiger partial charge in [-0.25, -0.2) is 0 Å². The molecular weight excluding hydrogens is 272 g/mol. The quantitative estimate of drug-likeness (QED) is 0.906. The molecule has 1 atom stereocenters. The van der Waals surface area contributed by atoms with E-state index < -0.39 is 0 Å². The van der Waals surface area contributed by atoms with Crippen LogP contribution in [-0.4, -0.2) is 11.0 Å². The smallest absolute Gasteiger partial charge is 0.145 e. The van der Waals surface area contributed by atoms with Gasteiger partial charge in [0.1, 0.15) is 11.5 Å². The maximum atomic E-state index is 6.10. The van der Waals surface area contributed by atoms with Gasteiger partial charge in [0, 0.05) is 17.3 Å². The van der Waals surface area contributed by atoms with E-state index in [0.29, 0.717) is 5.75 Å². The fraction of sp³-hybridized carbons (Fsp3) is 0.312. The molecule has 106 valence electrons. The highest BCUT2D eigenvalue weighted by Crippen LogP contribution is 2.26. The van der Waals surface area contributed by atoms with Crippen molar-refractivity contribution < 1.29 is 4.74 Å². The molecule has 20 heavy (non-hydrogen) atoms. The van der Waals surface area contributed by atoms with Crippen molar-refractivity contribution in [3.63, 3.8) is 0 Å². The number of hydrogen-bond acceptors (Lipinski definition) is 3. The molecular formula is C16H19ClN2O. The van der Waals surface area contributed by atoms with Gasteiger partial charge in [0.05, 0.1) is 6.20 Å². The van der Waals surface area contributed by atoms with E-state index in [2.05, 4.69) is 11.9 Å². The second kappa shape index (κ2) is 6.73. The van der Waals surface area contributed by atoms with Crippen LogP contribution >= 0.6 is 11.6 Å². The molecule has 0 aliphatic carbocycles. The Hall–Kier alpha value is -1.58. The minimum atomic E-state index is 0.106. The second-order valence-electron chi connectivity index (χ2n) is 4.92. The van der Waals surface area contributed by atoms with Gasteiger partial charge in [0.15, 0.2) is 0 Å². The highest BCUT2D eigenvalue weighted by Gasteiger charge is 2.05. The van der Waals surface area contributed by atoms with Gasteiger partial charge in [-0.05, 0) is 55.2 Å². The van der Waals surface area contributed by atoms with Crippen LogP contribution in [0.2, 0.25) is 5.02 Å². The number of nitrogens with zero attached hydrogens (tertiary/aromatic N) is 1. The third-order valence-corrected chi connectivity index (χ3v) is 3.33. The Labute approximate surface area is 124 Å². The molecule has 1 aromatic carbocycles. The molecule has 1 unspecified atom stereocenters. The van der Waals surface area contributed by atoms with E-state index in [-0.39, 0.29) is 6.04 Å². The Balaban J connectivity index is 2.17. The van der Waals surface area contributed by atoms with Gasteiger partial charge >= 0.3 is 0 Å². The van der Waals surface area contributed by atoms with Crippen molar-refractivity contribution in [3.8, 4) is 11.5 Å². The minimum absolute atomic E-state index is 0.106. The summed E-state index contributed by atoms with van der Waals surface area (Å²) in [6.45, 7) is 4.04. The van der Waals surface area contributed by atoms with Crippen LogP contribution in [0.3, 0.4) is 0 Å². The Morgan fingerprint density at radius 3 is 2.75 bits per heavy atom. The molecule has 0 saturated carbocycles. The third-order valence-electron chi connectivity index (χ3n) is 2.96. The molecule has 0 bridgehead atoms. The summed E-state index contributed by atoms with van der Waals surface area (Å²) < 4.78 is 5.84. The number of halogens is 1. The van der Waals surface area contributed by atoms with Gasteiger partial charge in [-0.2, -0.15) is 0 Å². The highest BCUT2D eigenvalue weighted by molar-refractivity contribution is 6.31. The van der Waals surface area contributed by atoms with E-state index in [9.17, 15) is 0 Å². The molecule has 0 spiro atoms. The first-order chi connectivity index (χ1) is 9.58. The zero-order chi connectivity index (χ0) is 14.5. The fourth-order valence-electron chi connectivity index (χ4n) is 2.02. The Morgan fingerprint density at radius 2 is 2.05 bits per heavy atom. The molecule has 0 fully saturated rings. The van der Waals surface area contributed by atoms with Crippen molar-refractivity contribution in [1.29, 1.82) is 0 Å². The number of nitrogens with two attached hydrogens (primary N) is 1. The molecule has 0 amide bonds. The maximum Gasteiger partial charge on any atom is 0.145 e. The van der Waals surface area contributed by atoms with Gasteiger partial charge in [0.25, 0.3) is 0 Å². The minimum Gasteiger partial charge on any atom is -0.456 e. The zero-order valence-corrected chi connectivity index (χ0v) is 12.5. The van der Waals surface area contributed by atoms with Gasteiger partial charge in [0.2, 0.25) is 0 Å². The van der Waals surface area contributed by atoms with E-state index in [1.54, 1.807) is 6.20 Å². The topological polar surface area (TPSA) is 48.1 Å². The lowest BCUT2D eigenvalue weighted by Gasteiger charge is -2.10. The van der Waals surface area contributed by atoms with E-state index >= 15 is 0 Å². The van der Waals surface area contributed by atoms with Crippen LogP contribution in [0.25, 0.3) is 0 Å². The summed E-state index contributed by atoms with van der Waals surface area (Å²) in [4.78, 5) is 4.19. The Kier molecular flexibility index (Phi) is 4.99. The lowest BCUT2D eigenvalue weighted by atomic mass is 10.1. The second-order valence-corrected chi connectivity index (χ2v) is 5.33. The van der Waals surface area contributed by atoms with Crippen molar-refractivity contribution in [1.82, 2.24) is 4.98 Å². The molecule has 0 saturated heterocycles. The fourth-order valence-corrected chi connectivity index (χ4v) is 2.28. The molecule has 4 heteroatoms. The van der Waals surface area contributed by atoms with Crippen LogP contribution in [-0.2, 0) is 12.8 Å². The van der Waals surface area contributed by atoms with Crippen molar-refractivity contribution in [2.75, 3.05) is 0 Å². The summed E-state index contributed by atoms with van der Waals surface area (Å²) in [5.41, 5.74) is 7.94. The van der Waals surface area contributed by atoms with Crippen LogP contribution < -0.4 is 10.5 Å². The van der Waals surface area contributed by atoms with Crippen molar-refractivity contribution in [2.24, 2.45) is 5.73 Å². The van der Waals surface area contributed by atoms with E-state index in [1.165, 1.54) is 0 Å². The summed E-state index contributed by atoms with van der Waals surface area (Å²) in [5.74, 6) is 1.48. The first-order valence-electron chi connectivity index (χ1n) is 6.74. The van der Waals surface area contributed by atoms with Crippen LogP contribution in [0.5, 0.6) is 11.5 Å². The van der Waals surface area contributed by atoms with E-state index in [4.69, 9.17) is 22.1 Å². The first kappa shape index (κ1) is 14.8. The van der Waals surface area contributed by atoms with Crippen LogP contribution in [0.1, 0.15) is 25.0 Å². The van der Waals surface area contributed by atoms with E-state index in [0.717, 1.165) is 34.7 Å². The maximum absolute atomic E-state index is 6.10. The van der Waals surface area contributed by atoms with Crippen molar-refractivity contribution >= 4 is 11.6 Å². The number of pyridine rings is 1. The summed E-state index contributed by atoms with van der Waals surface area (Å²) in [5, 5.41) is 0.767. The molecule has 1 aromatic heterocycles. The number of rotatable bonds is 5. The monoisotopic (exact) mass is 290 g/mol. The Bertz CT molecular complexity index is 584. The average Bonchev–Trinajstić information content (AvgIpc) is 2.40. The largest absolute Gasteiger partial charge is 0.456 e. The number of ether oxygens (including phenoxy) is 1. The number of benzene rings is 1. The molecule has 2 rings (SSSR count). The van der Waals surface area contributed by atoms with Crippen LogP contribution in [0.4, 0.5) is 0 Å². The van der Waals surface area contributed by atoms with Crippen LogP contribution in [0, 0.1) is 0 Å². The lowest BCUT2D eigenvalue weighted by Crippen LogP contribution is -2.17. The van der Waals surface area contributed by atoms with Gasteiger partial charge in [-0.1, -0.05) is 18.5 Å². The van der Waals surface area contributed by atoms with Gasteiger partial charge in [-0.15, -0.1) is 0 Å². The lowest BCUT2D eigenvalue weighted by molar-refractivity contribution is 0.478. The summed E-state index contributed by atoms with van der Waals surface area (Å²) in [7, 11) is 0.